The summed E-state index contributed by atoms with van der Waals surface area (Å²) in [6.07, 6.45) is 12.7. The maximum atomic E-state index is 12.4. The zero-order valence-electron chi connectivity index (χ0n) is 16.5. The van der Waals surface area contributed by atoms with Crippen LogP contribution in [-0.2, 0) is 6.42 Å². The predicted molar refractivity (Wildman–Crippen MR) is 111 cm³/mol. The molecule has 1 saturated heterocycles. The highest BCUT2D eigenvalue weighted by atomic mass is 16.1. The molecule has 2 aromatic rings. The summed E-state index contributed by atoms with van der Waals surface area (Å²) in [6, 6.07) is 11.0. The zero-order chi connectivity index (χ0) is 19.2. The minimum absolute atomic E-state index is 0.0903. The molecule has 1 amide bonds. The van der Waals surface area contributed by atoms with Crippen molar-refractivity contribution in [2.75, 3.05) is 18.0 Å². The molecule has 148 valence electrons. The number of hydrogen-bond acceptors (Lipinski definition) is 4. The van der Waals surface area contributed by atoms with Crippen LogP contribution in [0.3, 0.4) is 0 Å². The molecule has 0 radical (unpaired) electrons. The van der Waals surface area contributed by atoms with E-state index in [0.717, 1.165) is 44.1 Å². The summed E-state index contributed by atoms with van der Waals surface area (Å²) in [7, 11) is 0. The third kappa shape index (κ3) is 4.89. The van der Waals surface area contributed by atoms with E-state index < -0.39 is 0 Å². The number of anilines is 1. The fraction of sp³-hybridized carbons (Fsp3) is 0.522. The summed E-state index contributed by atoms with van der Waals surface area (Å²) < 4.78 is 0. The molecule has 1 aliphatic heterocycles. The molecular weight excluding hydrogens is 348 g/mol. The average molecular weight is 379 g/mol. The molecule has 2 heterocycles. The third-order valence-electron chi connectivity index (χ3n) is 6.12. The first kappa shape index (κ1) is 18.9. The molecule has 1 aromatic heterocycles. The van der Waals surface area contributed by atoms with Gasteiger partial charge in [0.05, 0.1) is 12.4 Å². The van der Waals surface area contributed by atoms with Crippen molar-refractivity contribution in [1.29, 1.82) is 0 Å². The molecule has 0 unspecified atom stereocenters. The van der Waals surface area contributed by atoms with Crippen molar-refractivity contribution < 1.29 is 4.79 Å². The number of hydrogen-bond donors (Lipinski definition) is 1. The summed E-state index contributed by atoms with van der Waals surface area (Å²) in [5.41, 5.74) is 1.85. The monoisotopic (exact) mass is 378 g/mol. The van der Waals surface area contributed by atoms with Gasteiger partial charge in [-0.2, -0.15) is 0 Å². The van der Waals surface area contributed by atoms with Crippen LogP contribution in [0.15, 0.2) is 42.7 Å². The smallest absolute Gasteiger partial charge is 0.271 e. The van der Waals surface area contributed by atoms with Crippen LogP contribution in [0.25, 0.3) is 0 Å². The molecule has 0 atom stereocenters. The first-order valence-electron chi connectivity index (χ1n) is 10.7. The number of nitrogens with zero attached hydrogens (tertiary/aromatic N) is 3. The first-order valence-corrected chi connectivity index (χ1v) is 10.7. The van der Waals surface area contributed by atoms with Gasteiger partial charge >= 0.3 is 0 Å². The number of carbonyl (C=O) groups is 1. The van der Waals surface area contributed by atoms with Crippen LogP contribution in [0.5, 0.6) is 0 Å². The molecule has 5 heteroatoms. The minimum atomic E-state index is -0.0903. The molecule has 1 aromatic carbocycles. The summed E-state index contributed by atoms with van der Waals surface area (Å²) in [6.45, 7) is 2.00. The topological polar surface area (TPSA) is 58.1 Å². The summed E-state index contributed by atoms with van der Waals surface area (Å²) in [5, 5.41) is 3.11. The van der Waals surface area contributed by atoms with Crippen LogP contribution in [0.1, 0.15) is 61.0 Å². The Labute approximate surface area is 167 Å². The molecule has 1 saturated carbocycles. The van der Waals surface area contributed by atoms with Crippen molar-refractivity contribution in [3.8, 4) is 0 Å². The van der Waals surface area contributed by atoms with Gasteiger partial charge in [-0.1, -0.05) is 49.6 Å². The molecule has 0 bridgehead atoms. The first-order chi connectivity index (χ1) is 13.8. The maximum Gasteiger partial charge on any atom is 0.271 e. The van der Waals surface area contributed by atoms with Crippen LogP contribution in [-0.4, -0.2) is 35.0 Å². The van der Waals surface area contributed by atoms with Crippen LogP contribution in [0.4, 0.5) is 5.82 Å². The van der Waals surface area contributed by atoms with Gasteiger partial charge in [0, 0.05) is 19.1 Å². The molecule has 1 N–H and O–H groups in total. The molecule has 4 rings (SSSR count). The van der Waals surface area contributed by atoms with Crippen LogP contribution in [0, 0.1) is 5.92 Å². The fourth-order valence-electron chi connectivity index (χ4n) is 4.42. The summed E-state index contributed by atoms with van der Waals surface area (Å²) in [5.74, 6) is 1.52. The lowest BCUT2D eigenvalue weighted by Gasteiger charge is -2.32. The van der Waals surface area contributed by atoms with E-state index in [2.05, 4.69) is 50.5 Å². The quantitative estimate of drug-likeness (QED) is 0.854. The van der Waals surface area contributed by atoms with Gasteiger partial charge in [0.1, 0.15) is 11.5 Å². The van der Waals surface area contributed by atoms with Crippen LogP contribution >= 0.6 is 0 Å². The lowest BCUT2D eigenvalue weighted by atomic mass is 9.90. The van der Waals surface area contributed by atoms with Gasteiger partial charge < -0.3 is 10.2 Å². The fourth-order valence-corrected chi connectivity index (χ4v) is 4.42. The molecular formula is C23H30N4O. The summed E-state index contributed by atoms with van der Waals surface area (Å²) >= 11 is 0. The molecule has 0 spiro atoms. The zero-order valence-corrected chi connectivity index (χ0v) is 16.5. The van der Waals surface area contributed by atoms with Crippen molar-refractivity contribution >= 4 is 11.7 Å². The van der Waals surface area contributed by atoms with E-state index in [4.69, 9.17) is 0 Å². The largest absolute Gasteiger partial charge is 0.355 e. The van der Waals surface area contributed by atoms with Crippen molar-refractivity contribution in [2.45, 2.75) is 57.4 Å². The molecule has 5 nitrogen and oxygen atoms in total. The molecule has 2 aliphatic rings. The van der Waals surface area contributed by atoms with E-state index in [1.165, 1.54) is 37.7 Å². The van der Waals surface area contributed by atoms with Crippen LogP contribution in [0.2, 0.25) is 0 Å². The lowest BCUT2D eigenvalue weighted by molar-refractivity contribution is 0.0922. The number of amides is 1. The Hall–Kier alpha value is -2.43. The van der Waals surface area contributed by atoms with E-state index in [1.54, 1.807) is 12.4 Å². The van der Waals surface area contributed by atoms with Gasteiger partial charge in [-0.15, -0.1) is 0 Å². The molecule has 2 fully saturated rings. The third-order valence-corrected chi connectivity index (χ3v) is 6.12. The lowest BCUT2D eigenvalue weighted by Crippen LogP contribution is -2.37. The second-order valence-electron chi connectivity index (χ2n) is 8.19. The van der Waals surface area contributed by atoms with Gasteiger partial charge in [0.2, 0.25) is 0 Å². The second-order valence-corrected chi connectivity index (χ2v) is 8.19. The maximum absolute atomic E-state index is 12.4. The van der Waals surface area contributed by atoms with Gasteiger partial charge in [-0.25, -0.2) is 9.97 Å². The highest BCUT2D eigenvalue weighted by molar-refractivity contribution is 5.92. The standard InChI is InChI=1S/C23H30N4O/c28-23(26-20-9-5-2-6-10-20)21-16-25-22(17-24-21)27-13-11-19(12-14-27)15-18-7-3-1-4-8-18/h1,3-4,7-8,16-17,19-20H,2,5-6,9-15H2,(H,26,28). The van der Waals surface area contributed by atoms with E-state index >= 15 is 0 Å². The Morgan fingerprint density at radius 2 is 1.71 bits per heavy atom. The van der Waals surface area contributed by atoms with Gasteiger partial charge in [0.15, 0.2) is 0 Å². The Balaban J connectivity index is 1.28. The Morgan fingerprint density at radius 3 is 2.39 bits per heavy atom. The van der Waals surface area contributed by atoms with Crippen molar-refractivity contribution in [2.24, 2.45) is 5.92 Å². The van der Waals surface area contributed by atoms with Crippen molar-refractivity contribution in [3.05, 3.63) is 54.0 Å². The Bertz CT molecular complexity index is 748. The normalized spacial score (nSPS) is 18.8. The van der Waals surface area contributed by atoms with Gasteiger partial charge in [-0.3, -0.25) is 4.79 Å². The number of piperidine rings is 1. The molecule has 1 aliphatic carbocycles. The highest BCUT2D eigenvalue weighted by Gasteiger charge is 2.22. The second kappa shape index (κ2) is 9.18. The minimum Gasteiger partial charge on any atom is -0.355 e. The van der Waals surface area contributed by atoms with E-state index in [1.807, 2.05) is 0 Å². The molecule has 28 heavy (non-hydrogen) atoms. The van der Waals surface area contributed by atoms with Crippen molar-refractivity contribution in [3.63, 3.8) is 0 Å². The number of nitrogens with one attached hydrogen (secondary N) is 1. The number of benzene rings is 1. The summed E-state index contributed by atoms with van der Waals surface area (Å²) in [4.78, 5) is 23.6. The number of carbonyl (C=O) groups excluding carboxylic acids is 1. The SMILES string of the molecule is O=C(NC1CCCCC1)c1cnc(N2CCC(Cc3ccccc3)CC2)cn1. The van der Waals surface area contributed by atoms with Crippen LogP contribution < -0.4 is 10.2 Å². The average Bonchev–Trinajstić information content (AvgIpc) is 2.76. The number of aromatic nitrogens is 2. The van der Waals surface area contributed by atoms with E-state index in [0.29, 0.717) is 11.7 Å². The Kier molecular flexibility index (Phi) is 6.20. The number of rotatable bonds is 5. The van der Waals surface area contributed by atoms with E-state index in [9.17, 15) is 4.79 Å². The van der Waals surface area contributed by atoms with Crippen molar-refractivity contribution in [1.82, 2.24) is 15.3 Å². The van der Waals surface area contributed by atoms with Gasteiger partial charge in [-0.05, 0) is 43.6 Å². The predicted octanol–water partition coefficient (Wildman–Crippen LogP) is 4.00. The highest BCUT2D eigenvalue weighted by Crippen LogP contribution is 2.24. The Morgan fingerprint density at radius 1 is 0.964 bits per heavy atom. The van der Waals surface area contributed by atoms with Gasteiger partial charge in [0.25, 0.3) is 5.91 Å². The van der Waals surface area contributed by atoms with E-state index in [-0.39, 0.29) is 5.91 Å².